The van der Waals surface area contributed by atoms with E-state index in [-0.39, 0.29) is 16.4 Å². The monoisotopic (exact) mass is 418 g/mol. The molecule has 8 heteroatoms. The minimum Gasteiger partial charge on any atom is -0.497 e. The highest BCUT2D eigenvalue weighted by Gasteiger charge is 2.26. The molecule has 0 unspecified atom stereocenters. The van der Waals surface area contributed by atoms with E-state index in [1.165, 1.54) is 25.3 Å². The Labute approximate surface area is 171 Å². The van der Waals surface area contributed by atoms with Crippen LogP contribution >= 0.6 is 0 Å². The number of hydrogen-bond donors (Lipinski definition) is 1. The van der Waals surface area contributed by atoms with Crippen LogP contribution in [0.2, 0.25) is 0 Å². The molecule has 0 bridgehead atoms. The van der Waals surface area contributed by atoms with E-state index in [2.05, 4.69) is 4.72 Å². The quantitative estimate of drug-likeness (QED) is 0.747. The number of nitrogens with one attached hydrogen (secondary N) is 1. The van der Waals surface area contributed by atoms with Crippen molar-refractivity contribution in [1.82, 2.24) is 9.62 Å². The van der Waals surface area contributed by atoms with Crippen LogP contribution < -0.4 is 14.2 Å². The van der Waals surface area contributed by atoms with Gasteiger partial charge in [-0.3, -0.25) is 4.79 Å². The van der Waals surface area contributed by atoms with Crippen molar-refractivity contribution in [2.24, 2.45) is 0 Å². The van der Waals surface area contributed by atoms with E-state index in [0.29, 0.717) is 24.6 Å². The number of sulfonamides is 1. The minimum absolute atomic E-state index is 0.0289. The van der Waals surface area contributed by atoms with Crippen molar-refractivity contribution in [3.63, 3.8) is 0 Å². The molecule has 1 fully saturated rings. The van der Waals surface area contributed by atoms with Crippen molar-refractivity contribution >= 4 is 15.9 Å². The Kier molecular flexibility index (Phi) is 6.44. The van der Waals surface area contributed by atoms with Crippen LogP contribution in [0.15, 0.2) is 47.4 Å². The number of nitrogens with zero attached hydrogens (tertiary/aromatic N) is 1. The average molecular weight is 419 g/mol. The smallest absolute Gasteiger partial charge is 0.257 e. The molecule has 2 aromatic rings. The van der Waals surface area contributed by atoms with Crippen molar-refractivity contribution < 1.29 is 22.7 Å². The zero-order valence-electron chi connectivity index (χ0n) is 16.8. The van der Waals surface area contributed by atoms with Gasteiger partial charge in [-0.1, -0.05) is 12.1 Å². The van der Waals surface area contributed by atoms with E-state index in [1.807, 2.05) is 12.1 Å². The Morgan fingerprint density at radius 1 is 1.03 bits per heavy atom. The van der Waals surface area contributed by atoms with Crippen molar-refractivity contribution in [2.75, 3.05) is 27.3 Å². The molecule has 0 radical (unpaired) electrons. The first-order valence-electron chi connectivity index (χ1n) is 9.49. The van der Waals surface area contributed by atoms with Crippen molar-refractivity contribution in [1.29, 1.82) is 0 Å². The molecule has 0 aromatic heterocycles. The third-order valence-electron chi connectivity index (χ3n) is 5.05. The van der Waals surface area contributed by atoms with Crippen molar-refractivity contribution in [3.8, 4) is 11.5 Å². The lowest BCUT2D eigenvalue weighted by Crippen LogP contribution is -2.29. The molecule has 3 rings (SSSR count). The Hall–Kier alpha value is -2.58. The van der Waals surface area contributed by atoms with Gasteiger partial charge >= 0.3 is 0 Å². The number of methoxy groups -OCH3 is 2. The van der Waals surface area contributed by atoms with Gasteiger partial charge in [0.05, 0.1) is 24.7 Å². The summed E-state index contributed by atoms with van der Waals surface area (Å²) in [7, 11) is -0.794. The summed E-state index contributed by atoms with van der Waals surface area (Å²) in [6.07, 6.45) is 1.90. The molecule has 1 N–H and O–H groups in total. The first kappa shape index (κ1) is 21.1. The molecule has 1 amide bonds. The number of hydrogen-bond acceptors (Lipinski definition) is 5. The fraction of sp³-hybridized carbons (Fsp3) is 0.381. The van der Waals surface area contributed by atoms with Gasteiger partial charge in [0, 0.05) is 19.1 Å². The molecular formula is C21H26N2O5S. The molecule has 1 aliphatic heterocycles. The molecule has 1 atom stereocenters. The molecular weight excluding hydrogens is 392 g/mol. The highest BCUT2D eigenvalue weighted by Crippen LogP contribution is 2.26. The predicted octanol–water partition coefficient (Wildman–Crippen LogP) is 2.98. The maximum absolute atomic E-state index is 12.9. The topological polar surface area (TPSA) is 84.9 Å². The minimum atomic E-state index is -3.84. The third kappa shape index (κ3) is 4.71. The van der Waals surface area contributed by atoms with Crippen LogP contribution in [-0.2, 0) is 10.0 Å². The number of rotatable bonds is 7. The number of carbonyl (C=O) groups excluding carboxylic acids is 1. The molecule has 0 aliphatic carbocycles. The van der Waals surface area contributed by atoms with Gasteiger partial charge in [-0.2, -0.15) is 0 Å². The second-order valence-electron chi connectivity index (χ2n) is 6.98. The van der Waals surface area contributed by atoms with Gasteiger partial charge in [-0.25, -0.2) is 13.1 Å². The van der Waals surface area contributed by atoms with Crippen molar-refractivity contribution in [3.05, 3.63) is 53.6 Å². The van der Waals surface area contributed by atoms with Crippen LogP contribution in [-0.4, -0.2) is 46.5 Å². The molecule has 156 valence electrons. The second-order valence-corrected chi connectivity index (χ2v) is 8.69. The summed E-state index contributed by atoms with van der Waals surface area (Å²) in [5.41, 5.74) is 1.06. The number of likely N-dealkylation sites (tertiary alicyclic amines) is 1. The highest BCUT2D eigenvalue weighted by atomic mass is 32.2. The highest BCUT2D eigenvalue weighted by molar-refractivity contribution is 7.89. The second kappa shape index (κ2) is 8.84. The first-order valence-corrected chi connectivity index (χ1v) is 11.0. The largest absolute Gasteiger partial charge is 0.497 e. The standard InChI is InChI=1S/C21H26N2O5S/c1-15(16-6-8-17(27-2)9-7-16)22-29(25,26)18-10-11-20(28-3)19(14-18)21(24)23-12-4-5-13-23/h6-11,14-15,22H,4-5,12-13H2,1-3H3/t15-/m0/s1. The summed E-state index contributed by atoms with van der Waals surface area (Å²) in [5.74, 6) is 0.854. The number of amides is 1. The fourth-order valence-electron chi connectivity index (χ4n) is 3.37. The molecule has 0 saturated carbocycles. The molecule has 0 spiro atoms. The van der Waals surface area contributed by atoms with E-state index < -0.39 is 16.1 Å². The van der Waals surface area contributed by atoms with E-state index in [9.17, 15) is 13.2 Å². The zero-order chi connectivity index (χ0) is 21.0. The van der Waals surface area contributed by atoms with E-state index in [4.69, 9.17) is 9.47 Å². The average Bonchev–Trinajstić information content (AvgIpc) is 3.27. The Morgan fingerprint density at radius 2 is 1.69 bits per heavy atom. The van der Waals surface area contributed by atoms with Gasteiger partial charge in [0.25, 0.3) is 5.91 Å². The van der Waals surface area contributed by atoms with Crippen LogP contribution in [0, 0.1) is 0 Å². The maximum Gasteiger partial charge on any atom is 0.257 e. The first-order chi connectivity index (χ1) is 13.9. The molecule has 1 saturated heterocycles. The zero-order valence-corrected chi connectivity index (χ0v) is 17.7. The molecule has 2 aromatic carbocycles. The van der Waals surface area contributed by atoms with Crippen LogP contribution in [0.3, 0.4) is 0 Å². The lowest BCUT2D eigenvalue weighted by Gasteiger charge is -2.19. The van der Waals surface area contributed by atoms with Gasteiger partial charge in [0.1, 0.15) is 11.5 Å². The summed E-state index contributed by atoms with van der Waals surface area (Å²) in [4.78, 5) is 14.6. The molecule has 1 aliphatic rings. The lowest BCUT2D eigenvalue weighted by molar-refractivity contribution is 0.0789. The molecule has 29 heavy (non-hydrogen) atoms. The van der Waals surface area contributed by atoms with Gasteiger partial charge in [-0.05, 0) is 55.7 Å². The summed E-state index contributed by atoms with van der Waals surface area (Å²) < 4.78 is 39.0. The normalized spacial score (nSPS) is 15.2. The maximum atomic E-state index is 12.9. The van der Waals surface area contributed by atoms with Crippen LogP contribution in [0.5, 0.6) is 11.5 Å². The fourth-order valence-corrected chi connectivity index (χ4v) is 4.63. The number of benzene rings is 2. The number of ether oxygens (including phenoxy) is 2. The molecule has 7 nitrogen and oxygen atoms in total. The summed E-state index contributed by atoms with van der Waals surface area (Å²) in [6, 6.07) is 11.1. The Bertz CT molecular complexity index is 967. The Balaban J connectivity index is 1.85. The SMILES string of the molecule is COc1ccc([C@H](C)NS(=O)(=O)c2ccc(OC)c(C(=O)N3CCCC3)c2)cc1. The third-order valence-corrected chi connectivity index (χ3v) is 6.59. The van der Waals surface area contributed by atoms with E-state index in [1.54, 1.807) is 31.1 Å². The lowest BCUT2D eigenvalue weighted by atomic mass is 10.1. The Morgan fingerprint density at radius 3 is 2.28 bits per heavy atom. The van der Waals surface area contributed by atoms with Gasteiger partial charge in [0.2, 0.25) is 10.0 Å². The number of carbonyl (C=O) groups is 1. The van der Waals surface area contributed by atoms with Crippen molar-refractivity contribution in [2.45, 2.75) is 30.7 Å². The van der Waals surface area contributed by atoms with Crippen LogP contribution in [0.4, 0.5) is 0 Å². The van der Waals surface area contributed by atoms with Crippen LogP contribution in [0.1, 0.15) is 41.7 Å². The van der Waals surface area contributed by atoms with Crippen LogP contribution in [0.25, 0.3) is 0 Å². The van der Waals surface area contributed by atoms with Gasteiger partial charge in [-0.15, -0.1) is 0 Å². The summed E-state index contributed by atoms with van der Waals surface area (Å²) >= 11 is 0. The molecule has 1 heterocycles. The van der Waals surface area contributed by atoms with Gasteiger partial charge < -0.3 is 14.4 Å². The van der Waals surface area contributed by atoms with E-state index in [0.717, 1.165) is 18.4 Å². The van der Waals surface area contributed by atoms with Gasteiger partial charge in [0.15, 0.2) is 0 Å². The predicted molar refractivity (Wildman–Crippen MR) is 110 cm³/mol. The van der Waals surface area contributed by atoms with E-state index >= 15 is 0 Å². The summed E-state index contributed by atoms with van der Waals surface area (Å²) in [6.45, 7) is 3.11. The summed E-state index contributed by atoms with van der Waals surface area (Å²) in [5, 5.41) is 0.